The van der Waals surface area contributed by atoms with Crippen LogP contribution in [0, 0.1) is 11.3 Å². The van der Waals surface area contributed by atoms with Gasteiger partial charge in [0.15, 0.2) is 23.0 Å². The second kappa shape index (κ2) is 11.9. The Hall–Kier alpha value is -3.53. The maximum absolute atomic E-state index is 12.9. The number of carbonyl (C=O) groups is 2. The van der Waals surface area contributed by atoms with Crippen molar-refractivity contribution >= 4 is 39.4 Å². The van der Waals surface area contributed by atoms with Crippen LogP contribution in [0.5, 0.6) is 11.5 Å². The molecule has 1 atom stereocenters. The number of carboxylic acid groups (broad SMARTS) is 1. The van der Waals surface area contributed by atoms with Crippen LogP contribution in [-0.4, -0.2) is 61.3 Å². The first kappa shape index (κ1) is 29.5. The van der Waals surface area contributed by atoms with E-state index in [1.54, 1.807) is 11.4 Å². The first-order valence-electron chi connectivity index (χ1n) is 13.6. The Kier molecular flexibility index (Phi) is 8.77. The standard InChI is InChI=1S/C25H26N2O7S.C5H12/c1-3-14(2)24(29)27-6-4-26(5-7-27)20-12-18(28)23-22(34-20)17(13-35-23)15-10-16(25(30)31)21-19(11-15)32-8-9-33-21;1-5(2,3)4/h10-14H,3-9H2,1-2H3,(H,30,31);1-4H3. The molecule has 0 bridgehead atoms. The summed E-state index contributed by atoms with van der Waals surface area (Å²) in [7, 11) is 0. The molecule has 1 amide bonds. The minimum atomic E-state index is -1.12. The third kappa shape index (κ3) is 6.60. The maximum Gasteiger partial charge on any atom is 0.339 e. The number of thiophene rings is 1. The predicted molar refractivity (Wildman–Crippen MR) is 157 cm³/mol. The van der Waals surface area contributed by atoms with E-state index in [9.17, 15) is 19.5 Å². The number of hydrogen-bond donors (Lipinski definition) is 1. The molecule has 2 aromatic heterocycles. The summed E-state index contributed by atoms with van der Waals surface area (Å²) in [6, 6.07) is 4.72. The van der Waals surface area contributed by atoms with Crippen LogP contribution in [0.2, 0.25) is 0 Å². The molecule has 40 heavy (non-hydrogen) atoms. The summed E-state index contributed by atoms with van der Waals surface area (Å²) in [5, 5.41) is 11.5. The van der Waals surface area contributed by atoms with E-state index in [2.05, 4.69) is 27.7 Å². The molecule has 10 heteroatoms. The molecule has 0 saturated carbocycles. The van der Waals surface area contributed by atoms with E-state index in [0.717, 1.165) is 6.42 Å². The van der Waals surface area contributed by atoms with Crippen molar-refractivity contribution in [2.45, 2.75) is 48.0 Å². The Morgan fingerprint density at radius 2 is 1.70 bits per heavy atom. The highest BCUT2D eigenvalue weighted by Crippen LogP contribution is 2.42. The van der Waals surface area contributed by atoms with Crippen LogP contribution in [-0.2, 0) is 4.79 Å². The molecule has 2 aliphatic rings. The average molecular weight is 571 g/mol. The molecule has 5 rings (SSSR count). The van der Waals surface area contributed by atoms with Crippen molar-refractivity contribution in [2.24, 2.45) is 11.3 Å². The third-order valence-electron chi connectivity index (χ3n) is 6.55. The number of fused-ring (bicyclic) bond motifs is 2. The van der Waals surface area contributed by atoms with Crippen LogP contribution in [0.3, 0.4) is 0 Å². The molecule has 1 aromatic carbocycles. The van der Waals surface area contributed by atoms with Gasteiger partial charge in [-0.05, 0) is 29.5 Å². The van der Waals surface area contributed by atoms with Crippen molar-refractivity contribution in [1.82, 2.24) is 4.90 Å². The minimum absolute atomic E-state index is 0.00264. The van der Waals surface area contributed by atoms with Gasteiger partial charge in [-0.25, -0.2) is 4.79 Å². The Bertz CT molecular complexity index is 1440. The highest BCUT2D eigenvalue weighted by atomic mass is 32.1. The number of piperazine rings is 1. The van der Waals surface area contributed by atoms with Crippen LogP contribution in [0.15, 0.2) is 32.8 Å². The summed E-state index contributed by atoms with van der Waals surface area (Å²) in [6.45, 7) is 15.5. The smallest absolute Gasteiger partial charge is 0.339 e. The van der Waals surface area contributed by atoms with Gasteiger partial charge in [-0.2, -0.15) is 0 Å². The number of benzene rings is 1. The normalized spacial score (nSPS) is 15.8. The first-order valence-corrected chi connectivity index (χ1v) is 14.5. The predicted octanol–water partition coefficient (Wildman–Crippen LogP) is 5.74. The lowest BCUT2D eigenvalue weighted by molar-refractivity contribution is -0.135. The SMILES string of the molecule is CC(C)(C)C.CCC(C)C(=O)N1CCN(c2cc(=O)c3scc(-c4cc5c(c(C(=O)O)c4)OCCO5)c3o2)CC1. The van der Waals surface area contributed by atoms with Gasteiger partial charge in [-0.15, -0.1) is 11.3 Å². The van der Waals surface area contributed by atoms with Crippen LogP contribution >= 0.6 is 11.3 Å². The lowest BCUT2D eigenvalue weighted by atomic mass is 10.0. The van der Waals surface area contributed by atoms with Gasteiger partial charge < -0.3 is 28.8 Å². The summed E-state index contributed by atoms with van der Waals surface area (Å²) in [5.74, 6) is 0.0156. The fourth-order valence-corrected chi connectivity index (χ4v) is 5.30. The summed E-state index contributed by atoms with van der Waals surface area (Å²) in [4.78, 5) is 41.1. The van der Waals surface area contributed by atoms with Crippen LogP contribution in [0.25, 0.3) is 21.4 Å². The van der Waals surface area contributed by atoms with E-state index >= 15 is 0 Å². The zero-order chi connectivity index (χ0) is 29.2. The fourth-order valence-electron chi connectivity index (χ4n) is 4.39. The molecule has 0 spiro atoms. The highest BCUT2D eigenvalue weighted by Gasteiger charge is 2.27. The molecule has 1 saturated heterocycles. The zero-order valence-corrected chi connectivity index (χ0v) is 24.9. The molecule has 1 fully saturated rings. The largest absolute Gasteiger partial charge is 0.486 e. The number of rotatable bonds is 5. The number of nitrogens with zero attached hydrogens (tertiary/aromatic N) is 2. The summed E-state index contributed by atoms with van der Waals surface area (Å²) in [5.41, 5.74) is 1.93. The maximum atomic E-state index is 12.9. The first-order chi connectivity index (χ1) is 18.9. The topological polar surface area (TPSA) is 110 Å². The lowest BCUT2D eigenvalue weighted by Crippen LogP contribution is -2.50. The molecular weight excluding hydrogens is 532 g/mol. The molecule has 216 valence electrons. The van der Waals surface area contributed by atoms with E-state index in [1.807, 2.05) is 23.6 Å². The van der Waals surface area contributed by atoms with Crippen LogP contribution < -0.4 is 19.8 Å². The number of anilines is 1. The average Bonchev–Trinajstić information content (AvgIpc) is 3.35. The quantitative estimate of drug-likeness (QED) is 0.414. The van der Waals surface area contributed by atoms with E-state index in [-0.39, 0.29) is 35.2 Å². The minimum Gasteiger partial charge on any atom is -0.486 e. The summed E-state index contributed by atoms with van der Waals surface area (Å²) >= 11 is 1.26. The molecule has 1 unspecified atom stereocenters. The Labute approximate surface area is 238 Å². The molecule has 2 aliphatic heterocycles. The van der Waals surface area contributed by atoms with Crippen LogP contribution in [0.4, 0.5) is 5.88 Å². The second-order valence-electron chi connectivity index (χ2n) is 11.7. The zero-order valence-electron chi connectivity index (χ0n) is 24.0. The van der Waals surface area contributed by atoms with Crippen molar-refractivity contribution in [3.05, 3.63) is 39.4 Å². The van der Waals surface area contributed by atoms with Gasteiger partial charge >= 0.3 is 5.97 Å². The van der Waals surface area contributed by atoms with Gasteiger partial charge in [0, 0.05) is 49.1 Å². The number of carboxylic acids is 1. The molecule has 1 N–H and O–H groups in total. The molecule has 4 heterocycles. The van der Waals surface area contributed by atoms with Crippen molar-refractivity contribution < 1.29 is 28.6 Å². The van der Waals surface area contributed by atoms with Gasteiger partial charge in [0.1, 0.15) is 23.5 Å². The highest BCUT2D eigenvalue weighted by molar-refractivity contribution is 7.17. The lowest BCUT2D eigenvalue weighted by Gasteiger charge is -2.36. The van der Waals surface area contributed by atoms with Gasteiger partial charge in [0.25, 0.3) is 0 Å². The number of aromatic carboxylic acids is 1. The summed E-state index contributed by atoms with van der Waals surface area (Å²) in [6.07, 6.45) is 0.801. The van der Waals surface area contributed by atoms with Gasteiger partial charge in [-0.1, -0.05) is 41.5 Å². The molecular formula is C30H38N2O7S. The van der Waals surface area contributed by atoms with Crippen LogP contribution in [0.1, 0.15) is 58.3 Å². The Morgan fingerprint density at radius 1 is 1.05 bits per heavy atom. The fraction of sp³-hybridized carbons (Fsp3) is 0.500. The molecule has 3 aromatic rings. The number of amides is 1. The van der Waals surface area contributed by atoms with E-state index in [0.29, 0.717) is 71.2 Å². The van der Waals surface area contributed by atoms with Gasteiger partial charge in [0.05, 0.1) is 0 Å². The van der Waals surface area contributed by atoms with Gasteiger partial charge in [-0.3, -0.25) is 9.59 Å². The summed E-state index contributed by atoms with van der Waals surface area (Å²) < 4.78 is 17.9. The van der Waals surface area contributed by atoms with E-state index < -0.39 is 5.97 Å². The van der Waals surface area contributed by atoms with Crippen molar-refractivity contribution in [1.29, 1.82) is 0 Å². The number of hydrogen-bond acceptors (Lipinski definition) is 8. The van der Waals surface area contributed by atoms with E-state index in [1.165, 1.54) is 23.5 Å². The number of ether oxygens (including phenoxy) is 2. The molecule has 0 aliphatic carbocycles. The molecule has 0 radical (unpaired) electrons. The third-order valence-corrected chi connectivity index (χ3v) is 7.53. The Balaban J connectivity index is 0.000000681. The van der Waals surface area contributed by atoms with Crippen molar-refractivity contribution in [3.8, 4) is 22.6 Å². The van der Waals surface area contributed by atoms with Gasteiger partial charge in [0.2, 0.25) is 11.3 Å². The monoisotopic (exact) mass is 570 g/mol. The van der Waals surface area contributed by atoms with Crippen molar-refractivity contribution in [3.63, 3.8) is 0 Å². The molecule has 9 nitrogen and oxygen atoms in total. The Morgan fingerprint density at radius 3 is 2.33 bits per heavy atom. The van der Waals surface area contributed by atoms with Crippen molar-refractivity contribution in [2.75, 3.05) is 44.3 Å². The second-order valence-corrected chi connectivity index (χ2v) is 12.6. The number of carbonyl (C=O) groups excluding carboxylic acids is 1. The van der Waals surface area contributed by atoms with E-state index in [4.69, 9.17) is 13.9 Å².